The number of phenolic OH excluding ortho intramolecular Hbond substituents is 1. The van der Waals surface area contributed by atoms with Crippen LogP contribution in [-0.2, 0) is 17.9 Å². The number of halogens is 1. The van der Waals surface area contributed by atoms with Crippen LogP contribution in [0.15, 0.2) is 42.5 Å². The minimum absolute atomic E-state index is 0.0936. The summed E-state index contributed by atoms with van der Waals surface area (Å²) in [6, 6.07) is 13.3. The van der Waals surface area contributed by atoms with Crippen LogP contribution in [0.3, 0.4) is 0 Å². The number of rotatable bonds is 5. The molecule has 0 atom stereocenters. The Balaban J connectivity index is 1.96. The lowest BCUT2D eigenvalue weighted by molar-refractivity contribution is 0.185. The lowest BCUT2D eigenvalue weighted by atomic mass is 10.1. The number of aromatic hydroxyl groups is 1. The Morgan fingerprint density at radius 2 is 1.79 bits per heavy atom. The zero-order valence-electron chi connectivity index (χ0n) is 10.7. The molecule has 4 heteroatoms. The second-order valence-electron chi connectivity index (χ2n) is 4.27. The molecule has 0 bridgehead atoms. The molecule has 0 radical (unpaired) electrons. The largest absolute Gasteiger partial charge is 0.506 e. The Hall–Kier alpha value is -1.71. The van der Waals surface area contributed by atoms with Crippen molar-refractivity contribution in [1.82, 2.24) is 0 Å². The highest BCUT2D eigenvalue weighted by atomic mass is 35.5. The number of nitrogens with one attached hydrogen (secondary N) is 1. The maximum atomic E-state index is 9.34. The van der Waals surface area contributed by atoms with Crippen LogP contribution < -0.4 is 5.32 Å². The maximum absolute atomic E-state index is 9.34. The smallest absolute Gasteiger partial charge is 0.134 e. The number of phenols is 1. The van der Waals surface area contributed by atoms with Crippen molar-refractivity contribution in [1.29, 1.82) is 0 Å². The third-order valence-corrected chi connectivity index (χ3v) is 3.08. The molecule has 0 aromatic heterocycles. The average molecular weight is 278 g/mol. The average Bonchev–Trinajstić information content (AvgIpc) is 2.42. The van der Waals surface area contributed by atoms with Crippen LogP contribution in [0.1, 0.15) is 11.1 Å². The van der Waals surface area contributed by atoms with E-state index in [4.69, 9.17) is 16.3 Å². The van der Waals surface area contributed by atoms with E-state index in [1.807, 2.05) is 12.1 Å². The summed E-state index contributed by atoms with van der Waals surface area (Å²) < 4.78 is 5.07. The molecule has 19 heavy (non-hydrogen) atoms. The van der Waals surface area contributed by atoms with E-state index < -0.39 is 0 Å². The van der Waals surface area contributed by atoms with Crippen molar-refractivity contribution in [3.63, 3.8) is 0 Å². The normalized spacial score (nSPS) is 10.4. The van der Waals surface area contributed by atoms with Crippen molar-refractivity contribution in [2.75, 3.05) is 12.4 Å². The highest BCUT2D eigenvalue weighted by Crippen LogP contribution is 2.26. The third kappa shape index (κ3) is 3.88. The van der Waals surface area contributed by atoms with Gasteiger partial charge in [-0.3, -0.25) is 0 Å². The molecular weight excluding hydrogens is 262 g/mol. The zero-order valence-corrected chi connectivity index (χ0v) is 11.4. The molecule has 100 valence electrons. The van der Waals surface area contributed by atoms with Crippen LogP contribution in [0.4, 0.5) is 5.69 Å². The third-order valence-electron chi connectivity index (χ3n) is 2.78. The van der Waals surface area contributed by atoms with Crippen LogP contribution in [0.5, 0.6) is 5.75 Å². The molecule has 0 heterocycles. The highest BCUT2D eigenvalue weighted by Gasteiger charge is 2.00. The summed E-state index contributed by atoms with van der Waals surface area (Å²) in [6.07, 6.45) is 0. The van der Waals surface area contributed by atoms with Crippen LogP contribution in [-0.4, -0.2) is 12.2 Å². The van der Waals surface area contributed by atoms with Gasteiger partial charge in [0.15, 0.2) is 0 Å². The van der Waals surface area contributed by atoms with Gasteiger partial charge in [-0.2, -0.15) is 0 Å². The van der Waals surface area contributed by atoms with E-state index >= 15 is 0 Å². The van der Waals surface area contributed by atoms with Gasteiger partial charge in [-0.25, -0.2) is 0 Å². The molecule has 0 aliphatic heterocycles. The highest BCUT2D eigenvalue weighted by molar-refractivity contribution is 6.32. The molecule has 0 amide bonds. The van der Waals surface area contributed by atoms with E-state index in [-0.39, 0.29) is 5.75 Å². The number of methoxy groups -OCH3 is 1. The summed E-state index contributed by atoms with van der Waals surface area (Å²) in [6.45, 7) is 1.33. The molecule has 2 aromatic rings. The first-order valence-electron chi connectivity index (χ1n) is 5.98. The molecule has 0 saturated carbocycles. The quantitative estimate of drug-likeness (QED) is 0.817. The SMILES string of the molecule is COCc1ccc(CNc2ccc(O)c(Cl)c2)cc1. The van der Waals surface area contributed by atoms with Crippen molar-refractivity contribution in [2.45, 2.75) is 13.2 Å². The Bertz CT molecular complexity index is 540. The maximum Gasteiger partial charge on any atom is 0.134 e. The minimum Gasteiger partial charge on any atom is -0.506 e. The van der Waals surface area contributed by atoms with Gasteiger partial charge in [0, 0.05) is 19.3 Å². The first-order valence-corrected chi connectivity index (χ1v) is 6.36. The predicted molar refractivity (Wildman–Crippen MR) is 77.6 cm³/mol. The first-order chi connectivity index (χ1) is 9.19. The lowest BCUT2D eigenvalue weighted by Gasteiger charge is -2.08. The van der Waals surface area contributed by atoms with E-state index in [2.05, 4.69) is 17.4 Å². The van der Waals surface area contributed by atoms with E-state index in [9.17, 15) is 5.11 Å². The molecule has 0 fully saturated rings. The van der Waals surface area contributed by atoms with Gasteiger partial charge in [0.1, 0.15) is 5.75 Å². The Labute approximate surface area is 117 Å². The lowest BCUT2D eigenvalue weighted by Crippen LogP contribution is -1.99. The molecule has 0 unspecified atom stereocenters. The van der Waals surface area contributed by atoms with Gasteiger partial charge in [0.2, 0.25) is 0 Å². The fourth-order valence-electron chi connectivity index (χ4n) is 1.74. The minimum atomic E-state index is 0.0936. The summed E-state index contributed by atoms with van der Waals surface area (Å²) in [7, 11) is 1.68. The number of ether oxygens (including phenoxy) is 1. The van der Waals surface area contributed by atoms with Crippen LogP contribution in [0, 0.1) is 0 Å². The summed E-state index contributed by atoms with van der Waals surface area (Å²) >= 11 is 5.85. The molecular formula is C15H16ClNO2. The molecule has 0 saturated heterocycles. The molecule has 0 aliphatic rings. The number of hydrogen-bond donors (Lipinski definition) is 2. The zero-order chi connectivity index (χ0) is 13.7. The van der Waals surface area contributed by atoms with E-state index in [1.54, 1.807) is 25.3 Å². The van der Waals surface area contributed by atoms with Crippen LogP contribution in [0.2, 0.25) is 5.02 Å². The second-order valence-corrected chi connectivity index (χ2v) is 4.68. The predicted octanol–water partition coefficient (Wildman–Crippen LogP) is 3.80. The second kappa shape index (κ2) is 6.45. The molecule has 2 N–H and O–H groups in total. The summed E-state index contributed by atoms with van der Waals surface area (Å²) in [5.41, 5.74) is 3.20. The summed E-state index contributed by atoms with van der Waals surface area (Å²) in [4.78, 5) is 0. The van der Waals surface area contributed by atoms with Crippen molar-refractivity contribution in [2.24, 2.45) is 0 Å². The van der Waals surface area contributed by atoms with Gasteiger partial charge in [-0.15, -0.1) is 0 Å². The van der Waals surface area contributed by atoms with Crippen molar-refractivity contribution in [3.8, 4) is 5.75 Å². The van der Waals surface area contributed by atoms with Gasteiger partial charge >= 0.3 is 0 Å². The van der Waals surface area contributed by atoms with E-state index in [0.717, 1.165) is 11.3 Å². The molecule has 0 aliphatic carbocycles. The van der Waals surface area contributed by atoms with Gasteiger partial charge < -0.3 is 15.2 Å². The summed E-state index contributed by atoms with van der Waals surface area (Å²) in [5, 5.41) is 12.9. The van der Waals surface area contributed by atoms with E-state index in [1.165, 1.54) is 5.56 Å². The fraction of sp³-hybridized carbons (Fsp3) is 0.200. The van der Waals surface area contributed by atoms with E-state index in [0.29, 0.717) is 18.2 Å². The van der Waals surface area contributed by atoms with Crippen molar-refractivity contribution < 1.29 is 9.84 Å². The molecule has 2 aromatic carbocycles. The summed E-state index contributed by atoms with van der Waals surface area (Å²) in [5.74, 6) is 0.0936. The van der Waals surface area contributed by atoms with Gasteiger partial charge in [-0.1, -0.05) is 35.9 Å². The molecule has 0 spiro atoms. The topological polar surface area (TPSA) is 41.5 Å². The standard InChI is InChI=1S/C15H16ClNO2/c1-19-10-12-4-2-11(3-5-12)9-17-13-6-7-15(18)14(16)8-13/h2-8,17-18H,9-10H2,1H3. The number of benzene rings is 2. The van der Waals surface area contributed by atoms with Crippen LogP contribution in [0.25, 0.3) is 0 Å². The van der Waals surface area contributed by atoms with Gasteiger partial charge in [0.05, 0.1) is 11.6 Å². The van der Waals surface area contributed by atoms with Crippen molar-refractivity contribution in [3.05, 3.63) is 58.6 Å². The molecule has 2 rings (SSSR count). The fourth-order valence-corrected chi connectivity index (χ4v) is 1.92. The number of anilines is 1. The van der Waals surface area contributed by atoms with Crippen LogP contribution >= 0.6 is 11.6 Å². The van der Waals surface area contributed by atoms with Gasteiger partial charge in [-0.05, 0) is 29.3 Å². The van der Waals surface area contributed by atoms with Gasteiger partial charge in [0.25, 0.3) is 0 Å². The molecule has 3 nitrogen and oxygen atoms in total. The van der Waals surface area contributed by atoms with Crippen molar-refractivity contribution >= 4 is 17.3 Å². The Kier molecular flexibility index (Phi) is 4.66. The monoisotopic (exact) mass is 277 g/mol. The Morgan fingerprint density at radius 1 is 1.11 bits per heavy atom. The number of hydrogen-bond acceptors (Lipinski definition) is 3. The first kappa shape index (κ1) is 13.7. The Morgan fingerprint density at radius 3 is 2.42 bits per heavy atom.